The maximum atomic E-state index is 12.7. The van der Waals surface area contributed by atoms with Crippen molar-refractivity contribution in [3.05, 3.63) is 39.2 Å². The lowest BCUT2D eigenvalue weighted by atomic mass is 9.76. The zero-order valence-electron chi connectivity index (χ0n) is 16.1. The molecule has 144 valence electrons. The van der Waals surface area contributed by atoms with Crippen molar-refractivity contribution in [2.24, 2.45) is 5.41 Å². The smallest absolute Gasteiger partial charge is 0.348 e. The third kappa shape index (κ3) is 3.69. The van der Waals surface area contributed by atoms with E-state index in [2.05, 4.69) is 5.32 Å². The minimum absolute atomic E-state index is 0.0121. The number of hydrogen-bond donors (Lipinski definition) is 1. The van der Waals surface area contributed by atoms with E-state index in [1.165, 1.54) is 0 Å². The van der Waals surface area contributed by atoms with Crippen molar-refractivity contribution in [3.8, 4) is 0 Å². The summed E-state index contributed by atoms with van der Waals surface area (Å²) in [5.74, 6) is -0.0940. The molecule has 3 rings (SSSR count). The van der Waals surface area contributed by atoms with Gasteiger partial charge in [0.2, 0.25) is 0 Å². The number of carbonyl (C=O) groups excluding carboxylic acids is 3. The van der Waals surface area contributed by atoms with Crippen LogP contribution in [-0.2, 0) is 11.2 Å². The molecule has 1 N–H and O–H groups in total. The summed E-state index contributed by atoms with van der Waals surface area (Å²) in [4.78, 5) is 37.6. The predicted octanol–water partition coefficient (Wildman–Crippen LogP) is 4.54. The maximum absolute atomic E-state index is 12.7. The van der Waals surface area contributed by atoms with Crippen molar-refractivity contribution in [1.82, 2.24) is 0 Å². The van der Waals surface area contributed by atoms with Crippen LogP contribution in [0.25, 0.3) is 0 Å². The molecule has 6 nitrogen and oxygen atoms in total. The number of rotatable bonds is 4. The Morgan fingerprint density at radius 3 is 2.67 bits per heavy atom. The van der Waals surface area contributed by atoms with Crippen molar-refractivity contribution in [2.75, 3.05) is 11.9 Å². The van der Waals surface area contributed by atoms with Gasteiger partial charge in [0.05, 0.1) is 17.2 Å². The van der Waals surface area contributed by atoms with Gasteiger partial charge in [-0.05, 0) is 37.8 Å². The van der Waals surface area contributed by atoms with Gasteiger partial charge in [0, 0.05) is 18.4 Å². The number of hydrogen-bond acceptors (Lipinski definition) is 6. The standard InChI is InChI=1S/C20H23NO5S/c1-6-25-19(24)17-10(2)7-14(27-17)21-18(23)16-11(3)15-12(22)8-20(4,5)9-13(15)26-16/h7H,6,8-9H2,1-5H3,(H,21,23). The molecule has 0 saturated carbocycles. The number of amides is 1. The molecule has 0 unspecified atom stereocenters. The summed E-state index contributed by atoms with van der Waals surface area (Å²) in [5, 5.41) is 3.30. The Kier molecular flexibility index (Phi) is 4.99. The van der Waals surface area contributed by atoms with E-state index in [0.717, 1.165) is 16.9 Å². The van der Waals surface area contributed by atoms with E-state index in [1.807, 2.05) is 13.8 Å². The molecule has 7 heteroatoms. The fourth-order valence-electron chi connectivity index (χ4n) is 3.41. The number of aryl methyl sites for hydroxylation is 1. The molecule has 0 spiro atoms. The van der Waals surface area contributed by atoms with Crippen LogP contribution in [0, 0.1) is 19.3 Å². The van der Waals surface area contributed by atoms with Gasteiger partial charge in [-0.25, -0.2) is 4.79 Å². The second-order valence-corrected chi connectivity index (χ2v) is 8.64. The number of fused-ring (bicyclic) bond motifs is 1. The third-order valence-electron chi connectivity index (χ3n) is 4.60. The lowest BCUT2D eigenvalue weighted by Crippen LogP contribution is -2.26. The summed E-state index contributed by atoms with van der Waals surface area (Å²) >= 11 is 1.16. The van der Waals surface area contributed by atoms with Crippen LogP contribution < -0.4 is 5.32 Å². The number of carbonyl (C=O) groups is 3. The minimum atomic E-state index is -0.427. The lowest BCUT2D eigenvalue weighted by Gasteiger charge is -2.27. The zero-order valence-corrected chi connectivity index (χ0v) is 17.0. The number of nitrogens with one attached hydrogen (secondary N) is 1. The van der Waals surface area contributed by atoms with E-state index < -0.39 is 11.9 Å². The van der Waals surface area contributed by atoms with Gasteiger partial charge in [0.15, 0.2) is 11.5 Å². The molecule has 0 fully saturated rings. The Bertz CT molecular complexity index is 935. The number of furan rings is 1. The summed E-state index contributed by atoms with van der Waals surface area (Å²) < 4.78 is 10.8. The Labute approximate surface area is 161 Å². The van der Waals surface area contributed by atoms with E-state index >= 15 is 0 Å². The van der Waals surface area contributed by atoms with E-state index in [1.54, 1.807) is 26.8 Å². The molecular formula is C20H23NO5S. The van der Waals surface area contributed by atoms with E-state index in [4.69, 9.17) is 9.15 Å². The van der Waals surface area contributed by atoms with Crippen LogP contribution in [-0.4, -0.2) is 24.3 Å². The fourth-order valence-corrected chi connectivity index (χ4v) is 4.37. The fraction of sp³-hybridized carbons (Fsp3) is 0.450. The Morgan fingerprint density at radius 2 is 2.00 bits per heavy atom. The Morgan fingerprint density at radius 1 is 1.30 bits per heavy atom. The van der Waals surface area contributed by atoms with Gasteiger partial charge in [-0.2, -0.15) is 0 Å². The largest absolute Gasteiger partial charge is 0.462 e. The first-order valence-corrected chi connectivity index (χ1v) is 9.69. The van der Waals surface area contributed by atoms with E-state index in [-0.39, 0.29) is 17.0 Å². The van der Waals surface area contributed by atoms with Crippen molar-refractivity contribution in [1.29, 1.82) is 0 Å². The molecule has 0 bridgehead atoms. The van der Waals surface area contributed by atoms with Crippen molar-refractivity contribution in [3.63, 3.8) is 0 Å². The van der Waals surface area contributed by atoms with Gasteiger partial charge in [-0.3, -0.25) is 9.59 Å². The topological polar surface area (TPSA) is 85.6 Å². The highest BCUT2D eigenvalue weighted by atomic mass is 32.1. The van der Waals surface area contributed by atoms with Gasteiger partial charge in [0.1, 0.15) is 10.6 Å². The summed E-state index contributed by atoms with van der Waals surface area (Å²) in [6.45, 7) is 9.58. The maximum Gasteiger partial charge on any atom is 0.348 e. The Balaban J connectivity index is 1.85. The average molecular weight is 389 g/mol. The molecule has 1 aliphatic carbocycles. The van der Waals surface area contributed by atoms with Crippen LogP contribution in [0.15, 0.2) is 10.5 Å². The molecule has 2 aromatic heterocycles. The summed E-state index contributed by atoms with van der Waals surface area (Å²) in [5.41, 5.74) is 1.67. The monoisotopic (exact) mass is 389 g/mol. The molecule has 27 heavy (non-hydrogen) atoms. The zero-order chi connectivity index (χ0) is 19.9. The normalized spacial score (nSPS) is 15.4. The third-order valence-corrected chi connectivity index (χ3v) is 5.73. The SMILES string of the molecule is CCOC(=O)c1sc(NC(=O)c2oc3c(c2C)C(=O)CC(C)(C)C3)cc1C. The van der Waals surface area contributed by atoms with Crippen molar-refractivity contribution >= 4 is 34.0 Å². The summed E-state index contributed by atoms with van der Waals surface area (Å²) in [6.07, 6.45) is 1.06. The molecule has 1 aliphatic rings. The van der Waals surface area contributed by atoms with Gasteiger partial charge in [-0.15, -0.1) is 11.3 Å². The minimum Gasteiger partial charge on any atom is -0.462 e. The molecule has 0 radical (unpaired) electrons. The van der Waals surface area contributed by atoms with Crippen molar-refractivity contribution < 1.29 is 23.5 Å². The molecule has 0 saturated heterocycles. The highest BCUT2D eigenvalue weighted by molar-refractivity contribution is 7.18. The van der Waals surface area contributed by atoms with Crippen LogP contribution in [0.1, 0.15) is 74.7 Å². The van der Waals surface area contributed by atoms with Gasteiger partial charge in [-0.1, -0.05) is 13.8 Å². The first-order chi connectivity index (χ1) is 12.6. The number of ether oxygens (including phenoxy) is 1. The van der Waals surface area contributed by atoms with Crippen molar-refractivity contribution in [2.45, 2.75) is 47.5 Å². The van der Waals surface area contributed by atoms with Crippen LogP contribution >= 0.6 is 11.3 Å². The van der Waals surface area contributed by atoms with Crippen LogP contribution in [0.5, 0.6) is 0 Å². The van der Waals surface area contributed by atoms with Gasteiger partial charge >= 0.3 is 5.97 Å². The number of anilines is 1. The molecular weight excluding hydrogens is 366 g/mol. The average Bonchev–Trinajstić information content (AvgIpc) is 3.06. The molecule has 0 atom stereocenters. The molecule has 0 aromatic carbocycles. The summed E-state index contributed by atoms with van der Waals surface area (Å²) in [6, 6.07) is 1.72. The highest BCUT2D eigenvalue weighted by Gasteiger charge is 2.37. The second kappa shape index (κ2) is 6.96. The first kappa shape index (κ1) is 19.4. The number of ketones is 1. The highest BCUT2D eigenvalue weighted by Crippen LogP contribution is 2.38. The first-order valence-electron chi connectivity index (χ1n) is 8.87. The van der Waals surface area contributed by atoms with Gasteiger partial charge in [0.25, 0.3) is 5.91 Å². The Hall–Kier alpha value is -2.41. The van der Waals surface area contributed by atoms with Gasteiger partial charge < -0.3 is 14.5 Å². The molecule has 0 aliphatic heterocycles. The lowest BCUT2D eigenvalue weighted by molar-refractivity contribution is 0.0531. The van der Waals surface area contributed by atoms with E-state index in [9.17, 15) is 14.4 Å². The molecule has 1 amide bonds. The quantitative estimate of drug-likeness (QED) is 0.776. The molecule has 2 heterocycles. The number of thiophene rings is 1. The number of Topliss-reactive ketones (excluding diaryl/α,β-unsaturated/α-hetero) is 1. The second-order valence-electron chi connectivity index (χ2n) is 7.59. The van der Waals surface area contributed by atoms with E-state index in [0.29, 0.717) is 46.2 Å². The van der Waals surface area contributed by atoms with Crippen LogP contribution in [0.3, 0.4) is 0 Å². The predicted molar refractivity (Wildman–Crippen MR) is 103 cm³/mol. The molecule has 2 aromatic rings. The summed E-state index contributed by atoms with van der Waals surface area (Å²) in [7, 11) is 0. The van der Waals surface area contributed by atoms with Crippen LogP contribution in [0.4, 0.5) is 5.00 Å². The van der Waals surface area contributed by atoms with Crippen LogP contribution in [0.2, 0.25) is 0 Å². The number of esters is 1.